The number of hydrogen-bond acceptors (Lipinski definition) is 7. The predicted octanol–water partition coefficient (Wildman–Crippen LogP) is 5.25. The van der Waals surface area contributed by atoms with Crippen LogP contribution in [0, 0.1) is 11.8 Å². The van der Waals surface area contributed by atoms with Gasteiger partial charge in [0.25, 0.3) is 0 Å². The van der Waals surface area contributed by atoms with Gasteiger partial charge in [0.05, 0.1) is 12.8 Å². The maximum atomic E-state index is 11.6. The maximum Gasteiger partial charge on any atom is 0.360 e. The minimum atomic E-state index is -1.80. The Balaban J connectivity index is 1.63. The lowest BCUT2D eigenvalue weighted by molar-refractivity contribution is 0.0593. The van der Waals surface area contributed by atoms with Crippen molar-refractivity contribution in [1.82, 2.24) is 20.0 Å². The molecule has 2 heterocycles. The highest BCUT2D eigenvalue weighted by atomic mass is 28.4. The third-order valence-electron chi connectivity index (χ3n) is 7.15. The zero-order valence-corrected chi connectivity index (χ0v) is 22.3. The summed E-state index contributed by atoms with van der Waals surface area (Å²) in [5, 5.41) is 8.86. The number of nitrogens with zero attached hydrogens (tertiary/aromatic N) is 4. The topological polar surface area (TPSA) is 92.3 Å². The number of ether oxygens (including phenoxy) is 1. The molecule has 0 aromatic carbocycles. The van der Waals surface area contributed by atoms with Crippen molar-refractivity contribution in [2.45, 2.75) is 97.0 Å². The molecule has 3 unspecified atom stereocenters. The van der Waals surface area contributed by atoms with Crippen LogP contribution in [-0.2, 0) is 22.1 Å². The van der Waals surface area contributed by atoms with Crippen molar-refractivity contribution < 1.29 is 18.4 Å². The zero-order chi connectivity index (χ0) is 24.2. The molecule has 8 nitrogen and oxygen atoms in total. The molecular weight excluding hydrogens is 436 g/mol. The summed E-state index contributed by atoms with van der Waals surface area (Å²) >= 11 is 0. The molecule has 0 spiro atoms. The van der Waals surface area contributed by atoms with Crippen LogP contribution in [0.25, 0.3) is 0 Å². The fraction of sp³-hybridized carbons (Fsp3) is 0.750. The van der Waals surface area contributed by atoms with Crippen LogP contribution >= 0.6 is 0 Å². The van der Waals surface area contributed by atoms with Crippen molar-refractivity contribution in [3.05, 3.63) is 29.7 Å². The molecule has 0 bridgehead atoms. The van der Waals surface area contributed by atoms with E-state index in [-0.39, 0.29) is 10.7 Å². The Labute approximate surface area is 198 Å². The minimum absolute atomic E-state index is 0.157. The van der Waals surface area contributed by atoms with Gasteiger partial charge in [-0.15, -0.1) is 5.10 Å². The standard InChI is InChI=1S/C24H40N4O4Si/c1-8-9-17-10-18(13-20(12-17)32-33(6,7)24(2,3)4)11-19-14-28(27-26-19)15-22-25-21(16-31-22)23(29)30-5/h14,16-18,20H,8-13,15H2,1-7H3. The number of rotatable bonds is 9. The van der Waals surface area contributed by atoms with Crippen LogP contribution in [0.5, 0.6) is 0 Å². The summed E-state index contributed by atoms with van der Waals surface area (Å²) in [6.07, 6.45) is 10.4. The van der Waals surface area contributed by atoms with Crippen LogP contribution < -0.4 is 0 Å². The molecule has 0 N–H and O–H groups in total. The van der Waals surface area contributed by atoms with Gasteiger partial charge in [0, 0.05) is 12.3 Å². The van der Waals surface area contributed by atoms with Gasteiger partial charge in [-0.25, -0.2) is 14.5 Å². The van der Waals surface area contributed by atoms with E-state index in [9.17, 15) is 4.79 Å². The van der Waals surface area contributed by atoms with Gasteiger partial charge >= 0.3 is 5.97 Å². The lowest BCUT2D eigenvalue weighted by Gasteiger charge is -2.43. The first-order valence-electron chi connectivity index (χ1n) is 12.1. The first kappa shape index (κ1) is 25.6. The Bertz CT molecular complexity index is 918. The Hall–Kier alpha value is -2.00. The van der Waals surface area contributed by atoms with E-state index in [0.717, 1.165) is 18.5 Å². The Morgan fingerprint density at radius 1 is 1.24 bits per heavy atom. The molecule has 2 aromatic heterocycles. The van der Waals surface area contributed by atoms with Crippen LogP contribution in [0.4, 0.5) is 0 Å². The molecular formula is C24H40N4O4Si. The average Bonchev–Trinajstić information content (AvgIpc) is 3.36. The van der Waals surface area contributed by atoms with Crippen molar-refractivity contribution >= 4 is 14.3 Å². The van der Waals surface area contributed by atoms with Crippen LogP contribution in [0.3, 0.4) is 0 Å². The summed E-state index contributed by atoms with van der Waals surface area (Å²) < 4.78 is 18.6. The van der Waals surface area contributed by atoms with Gasteiger partial charge in [-0.3, -0.25) is 0 Å². The number of carbonyl (C=O) groups is 1. The summed E-state index contributed by atoms with van der Waals surface area (Å²) in [7, 11) is -0.479. The van der Waals surface area contributed by atoms with E-state index in [4.69, 9.17) is 8.84 Å². The monoisotopic (exact) mass is 476 g/mol. The quantitative estimate of drug-likeness (QED) is 0.360. The SMILES string of the molecule is CCCC1CC(Cc2cn(Cc3nc(C(=O)OC)co3)nn2)CC(O[Si](C)(C)C(C)(C)C)C1. The second-order valence-electron chi connectivity index (χ2n) is 11.0. The van der Waals surface area contributed by atoms with Crippen LogP contribution in [0.15, 0.2) is 16.9 Å². The third kappa shape index (κ3) is 6.76. The smallest absolute Gasteiger partial charge is 0.360 e. The van der Waals surface area contributed by atoms with E-state index in [1.807, 2.05) is 6.20 Å². The molecule has 3 atom stereocenters. The van der Waals surface area contributed by atoms with Crippen LogP contribution in [-0.4, -0.2) is 47.5 Å². The zero-order valence-electron chi connectivity index (χ0n) is 21.3. The molecule has 9 heteroatoms. The van der Waals surface area contributed by atoms with Gasteiger partial charge in [-0.2, -0.15) is 0 Å². The average molecular weight is 477 g/mol. The Kier molecular flexibility index (Phi) is 8.16. The highest BCUT2D eigenvalue weighted by Crippen LogP contribution is 2.42. The second kappa shape index (κ2) is 10.5. The number of carbonyl (C=O) groups excluding carboxylic acids is 1. The summed E-state index contributed by atoms with van der Waals surface area (Å²) in [5.74, 6) is 1.14. The third-order valence-corrected chi connectivity index (χ3v) is 11.7. The van der Waals surface area contributed by atoms with E-state index < -0.39 is 14.3 Å². The maximum absolute atomic E-state index is 11.6. The molecule has 1 aliphatic carbocycles. The molecule has 1 aliphatic rings. The first-order chi connectivity index (χ1) is 15.5. The Morgan fingerprint density at radius 2 is 1.97 bits per heavy atom. The van der Waals surface area contributed by atoms with Crippen LogP contribution in [0.2, 0.25) is 18.1 Å². The second-order valence-corrected chi connectivity index (χ2v) is 15.7. The van der Waals surface area contributed by atoms with Gasteiger partial charge in [-0.1, -0.05) is 45.7 Å². The predicted molar refractivity (Wildman–Crippen MR) is 128 cm³/mol. The van der Waals surface area contributed by atoms with E-state index in [1.54, 1.807) is 4.68 Å². The minimum Gasteiger partial charge on any atom is -0.464 e. The molecule has 3 rings (SSSR count). The molecule has 0 aliphatic heterocycles. The summed E-state index contributed by atoms with van der Waals surface area (Å²) in [5.41, 5.74) is 1.13. The molecule has 0 radical (unpaired) electrons. The number of oxazole rings is 1. The molecule has 33 heavy (non-hydrogen) atoms. The lowest BCUT2D eigenvalue weighted by Crippen LogP contribution is -2.46. The van der Waals surface area contributed by atoms with E-state index in [0.29, 0.717) is 30.4 Å². The van der Waals surface area contributed by atoms with Crippen molar-refractivity contribution in [2.75, 3.05) is 7.11 Å². The van der Waals surface area contributed by atoms with Crippen LogP contribution in [0.1, 0.15) is 81.9 Å². The molecule has 1 saturated carbocycles. The van der Waals surface area contributed by atoms with Gasteiger partial charge in [-0.05, 0) is 55.7 Å². The highest BCUT2D eigenvalue weighted by Gasteiger charge is 2.41. The van der Waals surface area contributed by atoms with Gasteiger partial charge in [0.15, 0.2) is 14.0 Å². The molecule has 1 fully saturated rings. The van der Waals surface area contributed by atoms with Crippen molar-refractivity contribution in [1.29, 1.82) is 0 Å². The number of methoxy groups -OCH3 is 1. The fourth-order valence-corrected chi connectivity index (χ4v) is 5.91. The fourth-order valence-electron chi connectivity index (χ4n) is 4.53. The normalized spacial score (nSPS) is 21.8. The van der Waals surface area contributed by atoms with Crippen molar-refractivity contribution in [3.63, 3.8) is 0 Å². The van der Waals surface area contributed by atoms with Gasteiger partial charge < -0.3 is 13.6 Å². The summed E-state index contributed by atoms with van der Waals surface area (Å²) in [6.45, 7) is 14.2. The molecule has 0 saturated heterocycles. The van der Waals surface area contributed by atoms with Crippen molar-refractivity contribution in [2.24, 2.45) is 11.8 Å². The number of esters is 1. The summed E-state index contributed by atoms with van der Waals surface area (Å²) in [4.78, 5) is 15.7. The van der Waals surface area contributed by atoms with Crippen molar-refractivity contribution in [3.8, 4) is 0 Å². The van der Waals surface area contributed by atoms with E-state index in [1.165, 1.54) is 39.1 Å². The van der Waals surface area contributed by atoms with Gasteiger partial charge in [0.2, 0.25) is 5.89 Å². The lowest BCUT2D eigenvalue weighted by atomic mass is 9.76. The summed E-state index contributed by atoms with van der Waals surface area (Å²) in [6, 6.07) is 0. The molecule has 184 valence electrons. The molecule has 0 amide bonds. The largest absolute Gasteiger partial charge is 0.464 e. The Morgan fingerprint density at radius 3 is 2.64 bits per heavy atom. The van der Waals surface area contributed by atoms with E-state index >= 15 is 0 Å². The molecule has 2 aromatic rings. The number of hydrogen-bond donors (Lipinski definition) is 0. The highest BCUT2D eigenvalue weighted by molar-refractivity contribution is 6.74. The van der Waals surface area contributed by atoms with Gasteiger partial charge in [0.1, 0.15) is 12.8 Å². The first-order valence-corrected chi connectivity index (χ1v) is 15.0. The van der Waals surface area contributed by atoms with E-state index in [2.05, 4.69) is 60.8 Å². The number of aromatic nitrogens is 4.